The normalized spacial score (nSPS) is 10.9. The first-order chi connectivity index (χ1) is 13.7. The highest BCUT2D eigenvalue weighted by atomic mass is 16.6. The zero-order valence-electron chi connectivity index (χ0n) is 14.9. The van der Waals surface area contributed by atoms with Crippen LogP contribution >= 0.6 is 0 Å². The Labute approximate surface area is 162 Å². The van der Waals surface area contributed by atoms with E-state index in [1.807, 2.05) is 0 Å². The molecule has 0 saturated heterocycles. The molecule has 0 aliphatic carbocycles. The van der Waals surface area contributed by atoms with Crippen LogP contribution in [0.1, 0.15) is 13.3 Å². The van der Waals surface area contributed by atoms with Gasteiger partial charge in [-0.05, 0) is 25.1 Å². The van der Waals surface area contributed by atoms with Crippen molar-refractivity contribution in [3.63, 3.8) is 0 Å². The van der Waals surface area contributed by atoms with Gasteiger partial charge in [0.15, 0.2) is 0 Å². The molecule has 0 aromatic heterocycles. The molecule has 2 N–H and O–H groups in total. The van der Waals surface area contributed by atoms with Crippen molar-refractivity contribution in [1.29, 1.82) is 0 Å². The summed E-state index contributed by atoms with van der Waals surface area (Å²) in [4.78, 5) is 42.3. The molecule has 0 spiro atoms. The van der Waals surface area contributed by atoms with Gasteiger partial charge in [0.25, 0.3) is 11.4 Å². The van der Waals surface area contributed by atoms with Crippen molar-refractivity contribution in [2.24, 2.45) is 5.10 Å². The number of nitro groups is 3. The molecule has 0 bridgehead atoms. The van der Waals surface area contributed by atoms with Crippen molar-refractivity contribution < 1.29 is 19.6 Å². The minimum atomic E-state index is -0.790. The summed E-state index contributed by atoms with van der Waals surface area (Å²) in [6.07, 6.45) is -0.162. The van der Waals surface area contributed by atoms with E-state index in [-0.39, 0.29) is 23.5 Å². The zero-order chi connectivity index (χ0) is 21.6. The first-order valence-corrected chi connectivity index (χ1v) is 7.93. The summed E-state index contributed by atoms with van der Waals surface area (Å²) in [7, 11) is 0. The molecule has 13 heteroatoms. The second-order valence-electron chi connectivity index (χ2n) is 5.70. The molecule has 0 aliphatic rings. The van der Waals surface area contributed by atoms with Crippen LogP contribution in [0.3, 0.4) is 0 Å². The number of non-ortho nitro benzene ring substituents is 2. The van der Waals surface area contributed by atoms with Gasteiger partial charge in [0.2, 0.25) is 5.91 Å². The fourth-order valence-corrected chi connectivity index (χ4v) is 2.18. The minimum Gasteiger partial charge on any atom is -0.326 e. The third-order valence-electron chi connectivity index (χ3n) is 3.53. The average molecular weight is 402 g/mol. The Bertz CT molecular complexity index is 1000. The van der Waals surface area contributed by atoms with Gasteiger partial charge in [0, 0.05) is 29.6 Å². The van der Waals surface area contributed by atoms with Crippen molar-refractivity contribution in [3.05, 3.63) is 72.8 Å². The fraction of sp³-hybridized carbons (Fsp3) is 0.125. The molecule has 0 aliphatic heterocycles. The first kappa shape index (κ1) is 20.9. The molecule has 2 rings (SSSR count). The first-order valence-electron chi connectivity index (χ1n) is 7.93. The molecule has 29 heavy (non-hydrogen) atoms. The number of anilines is 2. The third kappa shape index (κ3) is 5.78. The number of hydrazone groups is 1. The van der Waals surface area contributed by atoms with Gasteiger partial charge in [-0.3, -0.25) is 40.6 Å². The summed E-state index contributed by atoms with van der Waals surface area (Å²) in [6, 6.07) is 8.26. The van der Waals surface area contributed by atoms with Crippen LogP contribution in [0.15, 0.2) is 47.6 Å². The van der Waals surface area contributed by atoms with Crippen LogP contribution in [-0.4, -0.2) is 26.4 Å². The van der Waals surface area contributed by atoms with E-state index in [1.165, 1.54) is 31.2 Å². The summed E-state index contributed by atoms with van der Waals surface area (Å²) in [5.74, 6) is -0.458. The summed E-state index contributed by atoms with van der Waals surface area (Å²) < 4.78 is 0. The van der Waals surface area contributed by atoms with Gasteiger partial charge in [-0.2, -0.15) is 5.10 Å². The topological polar surface area (TPSA) is 183 Å². The SMILES string of the molecule is C/C(CC(=O)Nc1ccc([N+](=O)[O-])cc1)=N\Nc1ccc([N+](=O)[O-])cc1[N+](=O)[O-]. The van der Waals surface area contributed by atoms with Crippen LogP contribution in [-0.2, 0) is 4.79 Å². The van der Waals surface area contributed by atoms with Crippen LogP contribution < -0.4 is 10.7 Å². The van der Waals surface area contributed by atoms with Gasteiger partial charge in [0.05, 0.1) is 27.3 Å². The maximum atomic E-state index is 12.0. The molecule has 0 unspecified atom stereocenters. The Kier molecular flexibility index (Phi) is 6.47. The van der Waals surface area contributed by atoms with E-state index in [0.717, 1.165) is 18.2 Å². The van der Waals surface area contributed by atoms with Gasteiger partial charge in [-0.1, -0.05) is 0 Å². The van der Waals surface area contributed by atoms with Crippen LogP contribution in [0.25, 0.3) is 0 Å². The lowest BCUT2D eigenvalue weighted by Gasteiger charge is -2.06. The van der Waals surface area contributed by atoms with Gasteiger partial charge in [-0.15, -0.1) is 0 Å². The zero-order valence-corrected chi connectivity index (χ0v) is 14.9. The quantitative estimate of drug-likeness (QED) is 0.383. The standard InChI is InChI=1S/C16H14N6O7/c1-10(8-16(23)17-11-2-4-12(5-3-11)20(24)25)18-19-14-7-6-13(21(26)27)9-15(14)22(28)29/h2-7,9,19H,8H2,1H3,(H,17,23)/b18-10+. The largest absolute Gasteiger partial charge is 0.326 e. The number of hydrogen-bond donors (Lipinski definition) is 2. The van der Waals surface area contributed by atoms with E-state index in [2.05, 4.69) is 15.8 Å². The van der Waals surface area contributed by atoms with E-state index in [4.69, 9.17) is 0 Å². The number of nitrogens with one attached hydrogen (secondary N) is 2. The maximum absolute atomic E-state index is 12.0. The number of amides is 1. The highest BCUT2D eigenvalue weighted by Crippen LogP contribution is 2.28. The fourth-order valence-electron chi connectivity index (χ4n) is 2.18. The smallest absolute Gasteiger partial charge is 0.301 e. The second-order valence-corrected chi connectivity index (χ2v) is 5.70. The summed E-state index contributed by atoms with van der Waals surface area (Å²) in [5, 5.41) is 38.8. The number of rotatable bonds is 8. The molecule has 2 aromatic rings. The lowest BCUT2D eigenvalue weighted by molar-refractivity contribution is -0.393. The van der Waals surface area contributed by atoms with E-state index < -0.39 is 32.1 Å². The van der Waals surface area contributed by atoms with Gasteiger partial charge in [0.1, 0.15) is 5.69 Å². The molecule has 13 nitrogen and oxygen atoms in total. The van der Waals surface area contributed by atoms with E-state index in [1.54, 1.807) is 0 Å². The van der Waals surface area contributed by atoms with Crippen LogP contribution in [0.2, 0.25) is 0 Å². The Balaban J connectivity index is 2.02. The molecule has 1 amide bonds. The Morgan fingerprint density at radius 2 is 1.52 bits per heavy atom. The molecule has 0 radical (unpaired) electrons. The Morgan fingerprint density at radius 3 is 2.07 bits per heavy atom. The number of hydrogen-bond acceptors (Lipinski definition) is 9. The number of nitro benzene ring substituents is 3. The lowest BCUT2D eigenvalue weighted by Crippen LogP contribution is -2.15. The molecule has 0 fully saturated rings. The maximum Gasteiger partial charge on any atom is 0.301 e. The summed E-state index contributed by atoms with van der Waals surface area (Å²) in [6.45, 7) is 1.50. The number of carbonyl (C=O) groups is 1. The Hall–Kier alpha value is -4.42. The molecule has 0 saturated carbocycles. The molecular weight excluding hydrogens is 388 g/mol. The molecular formula is C16H14N6O7. The van der Waals surface area contributed by atoms with Gasteiger partial charge < -0.3 is 5.32 Å². The monoisotopic (exact) mass is 402 g/mol. The van der Waals surface area contributed by atoms with E-state index in [9.17, 15) is 35.1 Å². The van der Waals surface area contributed by atoms with E-state index >= 15 is 0 Å². The van der Waals surface area contributed by atoms with Crippen molar-refractivity contribution in [1.82, 2.24) is 0 Å². The van der Waals surface area contributed by atoms with Crippen LogP contribution in [0, 0.1) is 30.3 Å². The second kappa shape index (κ2) is 8.98. The predicted molar refractivity (Wildman–Crippen MR) is 103 cm³/mol. The van der Waals surface area contributed by atoms with E-state index in [0.29, 0.717) is 5.69 Å². The highest BCUT2D eigenvalue weighted by molar-refractivity contribution is 6.05. The number of benzene rings is 2. The molecule has 0 heterocycles. The lowest BCUT2D eigenvalue weighted by atomic mass is 10.2. The molecule has 0 atom stereocenters. The highest BCUT2D eigenvalue weighted by Gasteiger charge is 2.19. The summed E-state index contributed by atoms with van der Waals surface area (Å²) >= 11 is 0. The predicted octanol–water partition coefficient (Wildman–Crippen LogP) is 3.23. The van der Waals surface area contributed by atoms with Gasteiger partial charge in [-0.25, -0.2) is 0 Å². The third-order valence-corrected chi connectivity index (χ3v) is 3.53. The van der Waals surface area contributed by atoms with Crippen molar-refractivity contribution >= 4 is 40.1 Å². The molecule has 2 aromatic carbocycles. The molecule has 150 valence electrons. The Morgan fingerprint density at radius 1 is 0.931 bits per heavy atom. The van der Waals surface area contributed by atoms with Crippen LogP contribution in [0.5, 0.6) is 0 Å². The minimum absolute atomic E-state index is 0.0734. The number of carbonyl (C=O) groups excluding carboxylic acids is 1. The van der Waals surface area contributed by atoms with Crippen molar-refractivity contribution in [2.45, 2.75) is 13.3 Å². The summed E-state index contributed by atoms with van der Waals surface area (Å²) in [5.41, 5.74) is 1.88. The van der Waals surface area contributed by atoms with Crippen molar-refractivity contribution in [2.75, 3.05) is 10.7 Å². The number of nitrogens with zero attached hydrogens (tertiary/aromatic N) is 4. The average Bonchev–Trinajstić information content (AvgIpc) is 2.66. The van der Waals surface area contributed by atoms with Crippen LogP contribution in [0.4, 0.5) is 28.4 Å². The van der Waals surface area contributed by atoms with Crippen molar-refractivity contribution in [3.8, 4) is 0 Å². The van der Waals surface area contributed by atoms with Gasteiger partial charge >= 0.3 is 5.69 Å².